The van der Waals surface area contributed by atoms with Gasteiger partial charge < -0.3 is 46.4 Å². The highest BCUT2D eigenvalue weighted by atomic mass is 35.5. The van der Waals surface area contributed by atoms with Gasteiger partial charge in [0.25, 0.3) is 11.8 Å². The molecule has 4 rings (SSSR count). The highest BCUT2D eigenvalue weighted by Crippen LogP contribution is 2.34. The Kier molecular flexibility index (Phi) is 20.8. The molecule has 0 aliphatic carbocycles. The van der Waals surface area contributed by atoms with Crippen LogP contribution in [0.4, 0.5) is 17.6 Å². The molecule has 1 aromatic heterocycles. The third-order valence-electron chi connectivity index (χ3n) is 12.2. The Morgan fingerprint density at radius 3 is 2.39 bits per heavy atom. The Hall–Kier alpha value is -5.13. The molecule has 25 heteroatoms. The summed E-state index contributed by atoms with van der Waals surface area (Å²) in [5.41, 5.74) is -1.91. The highest BCUT2D eigenvalue weighted by molar-refractivity contribution is 7.07. The first-order valence-electron chi connectivity index (χ1n) is 22.8. The monoisotopic (exact) mass is 1050 g/mol. The van der Waals surface area contributed by atoms with Crippen LogP contribution in [0, 0.1) is 5.92 Å². The predicted molar refractivity (Wildman–Crippen MR) is 251 cm³/mol. The molecule has 0 bridgehead atoms. The molecular weight excluding hydrogens is 990 g/mol. The van der Waals surface area contributed by atoms with Crippen molar-refractivity contribution >= 4 is 81.8 Å². The van der Waals surface area contributed by atoms with Crippen molar-refractivity contribution in [2.75, 3.05) is 33.7 Å². The summed E-state index contributed by atoms with van der Waals surface area (Å²) in [5.74, 6) is -7.48. The van der Waals surface area contributed by atoms with Crippen molar-refractivity contribution in [3.63, 3.8) is 0 Å². The van der Waals surface area contributed by atoms with Gasteiger partial charge >= 0.3 is 6.18 Å². The minimum absolute atomic E-state index is 0.0468. The molecule has 2 fully saturated rings. The number of unbranched alkanes of at least 4 members (excludes halogenated alkanes) is 1. The Labute approximate surface area is 417 Å². The van der Waals surface area contributed by atoms with Crippen LogP contribution in [0.3, 0.4) is 0 Å². The zero-order chi connectivity index (χ0) is 52.2. The maximum absolute atomic E-state index is 14.9. The number of halogens is 6. The zero-order valence-electron chi connectivity index (χ0n) is 39.7. The molecule has 3 heterocycles. The first-order valence-corrected chi connectivity index (χ1v) is 24.5. The fraction of sp³-hybridized carbons (Fsp3) is 0.622. The number of nitrogens with one attached hydrogen (secondary N) is 5. The predicted octanol–water partition coefficient (Wildman–Crippen LogP) is 3.32. The SMILES string of the molecule is CC(C)C[C@@H]1NC(=O)[C@@H](N(C)C(=O)[C@H](CCCCNC(=O)c2cscn2)NC(=O)[C@@H]2C[C@@H](F)CN2C(=O)[C@@](C)(O)C(F)(F)F)CCCCNC(=O)[C@@H](C)NC(=O)[C@H](Cc2cc(Cl)ccc2Cl)N(C)C1=O. The van der Waals surface area contributed by atoms with Gasteiger partial charge in [0.1, 0.15) is 48.1 Å². The van der Waals surface area contributed by atoms with Gasteiger partial charge in [-0.25, -0.2) is 9.37 Å². The number of thiazole rings is 1. The molecule has 0 radical (unpaired) electrons. The van der Waals surface area contributed by atoms with Gasteiger partial charge in [-0.2, -0.15) is 13.2 Å². The number of aromatic nitrogens is 1. The average molecular weight is 1050 g/mol. The third-order valence-corrected chi connectivity index (χ3v) is 13.4. The smallest absolute Gasteiger partial charge is 0.373 e. The summed E-state index contributed by atoms with van der Waals surface area (Å²) in [4.78, 5) is 117. The van der Waals surface area contributed by atoms with E-state index in [1.165, 1.54) is 55.4 Å². The standard InChI is InChI=1S/C45H61Cl2F4N9O9S/c1-24(2)17-31-42(67)59(6)34(19-26-18-27(46)13-14-29(26)47)39(64)55-25(3)36(61)52-15-10-8-12-33(38(63)57-31)58(5)41(66)30(11-7-9-16-53-37(62)32-22-70-23-54-32)56-40(65)35-20-28(48)21-60(35)43(68)44(4,69)45(49,50)51/h13-14,18,22-25,28,30-31,33-35,69H,7-12,15-17,19-21H2,1-6H3,(H,52,61)(H,53,62)(H,55,64)(H,56,65)(H,57,63)/t25-,28-,30+,31+,33+,34+,35+,44-/m1/s1. The van der Waals surface area contributed by atoms with Crippen LogP contribution in [0.5, 0.6) is 0 Å². The first-order chi connectivity index (χ1) is 32.7. The number of rotatable bonds is 15. The summed E-state index contributed by atoms with van der Waals surface area (Å²) in [7, 11) is 2.63. The fourth-order valence-corrected chi connectivity index (χ4v) is 8.97. The van der Waals surface area contributed by atoms with E-state index in [0.717, 1.165) is 9.80 Å². The van der Waals surface area contributed by atoms with Crippen molar-refractivity contribution in [3.05, 3.63) is 50.4 Å². The summed E-state index contributed by atoms with van der Waals surface area (Å²) < 4.78 is 56.1. The quantitative estimate of drug-likeness (QED) is 0.112. The van der Waals surface area contributed by atoms with Crippen LogP contribution in [0.25, 0.3) is 0 Å². The number of aliphatic hydroxyl groups is 1. The molecule has 388 valence electrons. The molecule has 8 amide bonds. The van der Waals surface area contributed by atoms with Crippen LogP contribution in [-0.4, -0.2) is 160 Å². The summed E-state index contributed by atoms with van der Waals surface area (Å²) in [6, 6.07) is -3.77. The molecule has 1 aromatic carbocycles. The van der Waals surface area contributed by atoms with Gasteiger partial charge in [-0.3, -0.25) is 38.4 Å². The van der Waals surface area contributed by atoms with Crippen LogP contribution in [-0.2, 0) is 40.0 Å². The second-order valence-corrected chi connectivity index (χ2v) is 19.7. The van der Waals surface area contributed by atoms with Crippen molar-refractivity contribution in [1.82, 2.24) is 46.3 Å². The maximum atomic E-state index is 14.9. The average Bonchev–Trinajstić information content (AvgIpc) is 3.98. The lowest BCUT2D eigenvalue weighted by Crippen LogP contribution is -2.61. The summed E-state index contributed by atoms with van der Waals surface area (Å²) in [5, 5.41) is 25.6. The second kappa shape index (κ2) is 25.3. The largest absolute Gasteiger partial charge is 0.426 e. The zero-order valence-corrected chi connectivity index (χ0v) is 42.0. The van der Waals surface area contributed by atoms with Crippen LogP contribution >= 0.6 is 34.5 Å². The molecule has 2 aliphatic heterocycles. The minimum atomic E-state index is -5.49. The van der Waals surface area contributed by atoms with E-state index in [1.807, 2.05) is 0 Å². The van der Waals surface area contributed by atoms with E-state index in [-0.39, 0.29) is 92.9 Å². The van der Waals surface area contributed by atoms with Gasteiger partial charge in [-0.1, -0.05) is 37.0 Å². The van der Waals surface area contributed by atoms with Crippen LogP contribution < -0.4 is 26.6 Å². The fourth-order valence-electron chi connectivity index (χ4n) is 8.05. The normalized spacial score (nSPS) is 23.5. The molecule has 70 heavy (non-hydrogen) atoms. The number of carbonyl (C=O) groups is 8. The van der Waals surface area contributed by atoms with E-state index < -0.39 is 114 Å². The molecule has 0 saturated carbocycles. The topological polar surface area (TPSA) is 240 Å². The summed E-state index contributed by atoms with van der Waals surface area (Å²) in [6.07, 6.45) is -7.65. The number of benzene rings is 1. The summed E-state index contributed by atoms with van der Waals surface area (Å²) >= 11 is 14.0. The molecular formula is C45H61Cl2F4N9O9S. The van der Waals surface area contributed by atoms with Gasteiger partial charge in [0.05, 0.1) is 12.1 Å². The van der Waals surface area contributed by atoms with Gasteiger partial charge in [-0.05, 0) is 88.5 Å². The third kappa shape index (κ3) is 15.2. The number of amides is 8. The van der Waals surface area contributed by atoms with E-state index in [9.17, 15) is 61.0 Å². The molecule has 0 unspecified atom stereocenters. The molecule has 2 aromatic rings. The number of likely N-dealkylation sites (tertiary alicyclic amines) is 1. The second-order valence-electron chi connectivity index (χ2n) is 18.1. The van der Waals surface area contributed by atoms with Gasteiger partial charge in [-0.15, -0.1) is 11.3 Å². The number of carbonyl (C=O) groups excluding carboxylic acids is 8. The van der Waals surface area contributed by atoms with Crippen LogP contribution in [0.2, 0.25) is 10.0 Å². The van der Waals surface area contributed by atoms with Crippen molar-refractivity contribution < 1.29 is 61.0 Å². The molecule has 0 spiro atoms. The van der Waals surface area contributed by atoms with Crippen molar-refractivity contribution in [2.45, 2.75) is 140 Å². The summed E-state index contributed by atoms with van der Waals surface area (Å²) in [6.45, 7) is 4.48. The molecule has 6 N–H and O–H groups in total. The van der Waals surface area contributed by atoms with Crippen molar-refractivity contribution in [2.24, 2.45) is 5.92 Å². The number of hydrogen-bond acceptors (Lipinski definition) is 11. The van der Waals surface area contributed by atoms with Gasteiger partial charge in [0.2, 0.25) is 41.0 Å². The first kappa shape index (κ1) is 57.4. The van der Waals surface area contributed by atoms with E-state index >= 15 is 0 Å². The van der Waals surface area contributed by atoms with Crippen LogP contribution in [0.1, 0.15) is 95.1 Å². The minimum Gasteiger partial charge on any atom is -0.373 e. The van der Waals surface area contributed by atoms with E-state index in [2.05, 4.69) is 31.6 Å². The molecule has 8 atom stereocenters. The Bertz CT molecular complexity index is 2210. The molecule has 18 nitrogen and oxygen atoms in total. The molecule has 2 saturated heterocycles. The highest BCUT2D eigenvalue weighted by Gasteiger charge is 2.59. The molecule has 2 aliphatic rings. The van der Waals surface area contributed by atoms with Gasteiger partial charge in [0, 0.05) is 55.5 Å². The number of likely N-dealkylation sites (N-methyl/N-ethyl adjacent to an activating group) is 2. The van der Waals surface area contributed by atoms with Crippen molar-refractivity contribution in [3.8, 4) is 0 Å². The van der Waals surface area contributed by atoms with Crippen LogP contribution in [0.15, 0.2) is 29.1 Å². The number of alkyl halides is 4. The van der Waals surface area contributed by atoms with Gasteiger partial charge in [0.15, 0.2) is 0 Å². The maximum Gasteiger partial charge on any atom is 0.426 e. The van der Waals surface area contributed by atoms with E-state index in [4.69, 9.17) is 23.2 Å². The lowest BCUT2D eigenvalue weighted by atomic mass is 9.98. The lowest BCUT2D eigenvalue weighted by molar-refractivity contribution is -0.250. The Morgan fingerprint density at radius 2 is 1.74 bits per heavy atom. The van der Waals surface area contributed by atoms with Crippen molar-refractivity contribution in [1.29, 1.82) is 0 Å². The van der Waals surface area contributed by atoms with E-state index in [1.54, 1.807) is 19.9 Å². The number of nitrogens with zero attached hydrogens (tertiary/aromatic N) is 4. The van der Waals surface area contributed by atoms with E-state index in [0.29, 0.717) is 10.6 Å². The number of hydrogen-bond donors (Lipinski definition) is 6. The Morgan fingerprint density at radius 1 is 1.04 bits per heavy atom. The Balaban J connectivity index is 1.67. The lowest BCUT2D eigenvalue weighted by Gasteiger charge is -2.35.